The molecule has 0 bridgehead atoms. The third-order valence-corrected chi connectivity index (χ3v) is 5.59. The van der Waals surface area contributed by atoms with Gasteiger partial charge in [-0.15, -0.1) is 0 Å². The van der Waals surface area contributed by atoms with Crippen molar-refractivity contribution in [1.82, 2.24) is 10.1 Å². The summed E-state index contributed by atoms with van der Waals surface area (Å²) < 4.78 is 16.7. The second-order valence-corrected chi connectivity index (χ2v) is 6.91. The molecule has 1 aromatic rings. The molecule has 0 saturated carbocycles. The van der Waals surface area contributed by atoms with Crippen LogP contribution in [0.4, 0.5) is 0 Å². The Morgan fingerprint density at radius 2 is 2.23 bits per heavy atom. The number of aromatic nitrogens is 1. The summed E-state index contributed by atoms with van der Waals surface area (Å²) in [6.45, 7) is 6.22. The first-order valence-electron chi connectivity index (χ1n) is 8.21. The van der Waals surface area contributed by atoms with Gasteiger partial charge in [-0.3, -0.25) is 4.90 Å². The minimum Gasteiger partial charge on any atom is -0.389 e. The number of likely N-dealkylation sites (tertiary alicyclic amines) is 1. The zero-order valence-electron chi connectivity index (χ0n) is 13.0. The van der Waals surface area contributed by atoms with Gasteiger partial charge < -0.3 is 19.1 Å². The van der Waals surface area contributed by atoms with Crippen LogP contribution in [-0.4, -0.2) is 59.8 Å². The molecule has 22 heavy (non-hydrogen) atoms. The Hall–Kier alpha value is -0.950. The highest BCUT2D eigenvalue weighted by molar-refractivity contribution is 5.09. The number of rotatable bonds is 2. The van der Waals surface area contributed by atoms with Gasteiger partial charge in [0.25, 0.3) is 0 Å². The largest absolute Gasteiger partial charge is 0.389 e. The van der Waals surface area contributed by atoms with Crippen molar-refractivity contribution in [3.05, 3.63) is 17.5 Å². The van der Waals surface area contributed by atoms with E-state index in [1.807, 2.05) is 13.0 Å². The fourth-order valence-corrected chi connectivity index (χ4v) is 4.44. The van der Waals surface area contributed by atoms with Gasteiger partial charge in [0.15, 0.2) is 5.76 Å². The van der Waals surface area contributed by atoms with E-state index < -0.39 is 5.60 Å². The van der Waals surface area contributed by atoms with Gasteiger partial charge in [-0.25, -0.2) is 0 Å². The van der Waals surface area contributed by atoms with Crippen LogP contribution in [0.5, 0.6) is 0 Å². The van der Waals surface area contributed by atoms with E-state index in [1.54, 1.807) is 0 Å². The maximum absolute atomic E-state index is 11.3. The summed E-state index contributed by atoms with van der Waals surface area (Å²) in [7, 11) is 0. The summed E-state index contributed by atoms with van der Waals surface area (Å²) in [5.74, 6) is 1.20. The lowest BCUT2D eigenvalue weighted by Gasteiger charge is -2.57. The lowest BCUT2D eigenvalue weighted by Crippen LogP contribution is -2.67. The molecule has 3 aliphatic rings. The number of hydrogen-bond donors (Lipinski definition) is 1. The second kappa shape index (κ2) is 5.60. The van der Waals surface area contributed by atoms with Crippen LogP contribution < -0.4 is 0 Å². The van der Waals surface area contributed by atoms with Crippen molar-refractivity contribution in [2.75, 3.05) is 33.0 Å². The molecule has 1 aromatic heterocycles. The molecule has 4 heterocycles. The molecule has 0 unspecified atom stereocenters. The minimum atomic E-state index is -0.642. The number of piperidine rings is 1. The van der Waals surface area contributed by atoms with E-state index in [1.165, 1.54) is 0 Å². The summed E-state index contributed by atoms with van der Waals surface area (Å²) in [6, 6.07) is 2.34. The van der Waals surface area contributed by atoms with Crippen LogP contribution in [0.2, 0.25) is 0 Å². The molecule has 3 fully saturated rings. The molecular weight excluding hydrogens is 284 g/mol. The molecule has 4 rings (SSSR count). The first-order chi connectivity index (χ1) is 10.7. The molecule has 6 heteroatoms. The van der Waals surface area contributed by atoms with E-state index in [4.69, 9.17) is 14.0 Å². The van der Waals surface area contributed by atoms with E-state index in [-0.39, 0.29) is 11.8 Å². The molecule has 0 spiro atoms. The standard InChI is InChI=1S/C16H24N2O4/c1-11-6-13(22-17-11)8-18-7-12-9-21-5-3-16(12,19)14-10-20-4-2-15(14)18/h6,12,14-15,19H,2-5,7-10H2,1H3/t12-,14+,15-,16-/m1/s1. The molecule has 0 radical (unpaired) electrons. The highest BCUT2D eigenvalue weighted by Crippen LogP contribution is 2.44. The average Bonchev–Trinajstić information content (AvgIpc) is 2.94. The predicted molar refractivity (Wildman–Crippen MR) is 78.2 cm³/mol. The SMILES string of the molecule is Cc1cc(CN2C[C@@H]3COCC[C@]3(O)[C@H]3COCC[C@H]32)on1. The number of aryl methyl sites for hydroxylation is 1. The third-order valence-electron chi connectivity index (χ3n) is 5.59. The molecule has 3 aliphatic heterocycles. The summed E-state index contributed by atoms with van der Waals surface area (Å²) >= 11 is 0. The van der Waals surface area contributed by atoms with Gasteiger partial charge in [-0.2, -0.15) is 0 Å². The molecule has 4 atom stereocenters. The number of fused-ring (bicyclic) bond motifs is 3. The quantitative estimate of drug-likeness (QED) is 0.878. The predicted octanol–water partition coefficient (Wildman–Crippen LogP) is 0.971. The van der Waals surface area contributed by atoms with Crippen molar-refractivity contribution in [1.29, 1.82) is 0 Å². The van der Waals surface area contributed by atoms with E-state index in [9.17, 15) is 5.11 Å². The van der Waals surface area contributed by atoms with Crippen molar-refractivity contribution in [2.45, 2.75) is 38.0 Å². The van der Waals surface area contributed by atoms with E-state index in [0.29, 0.717) is 25.9 Å². The van der Waals surface area contributed by atoms with Crippen LogP contribution in [-0.2, 0) is 16.0 Å². The zero-order chi connectivity index (χ0) is 15.2. The average molecular weight is 308 g/mol. The summed E-state index contributed by atoms with van der Waals surface area (Å²) in [4.78, 5) is 2.43. The Morgan fingerprint density at radius 1 is 1.36 bits per heavy atom. The van der Waals surface area contributed by atoms with Crippen LogP contribution in [0, 0.1) is 18.8 Å². The Labute approximate surface area is 130 Å². The summed E-state index contributed by atoms with van der Waals surface area (Å²) in [6.07, 6.45) is 1.69. The van der Waals surface area contributed by atoms with Crippen molar-refractivity contribution in [3.8, 4) is 0 Å². The summed E-state index contributed by atoms with van der Waals surface area (Å²) in [5.41, 5.74) is 0.269. The molecule has 0 aliphatic carbocycles. The first-order valence-corrected chi connectivity index (χ1v) is 8.21. The van der Waals surface area contributed by atoms with Crippen molar-refractivity contribution >= 4 is 0 Å². The lowest BCUT2D eigenvalue weighted by atomic mass is 9.66. The van der Waals surface area contributed by atoms with Gasteiger partial charge in [-0.05, 0) is 13.3 Å². The van der Waals surface area contributed by atoms with Crippen molar-refractivity contribution < 1.29 is 19.1 Å². The van der Waals surface area contributed by atoms with Crippen LogP contribution >= 0.6 is 0 Å². The van der Waals surface area contributed by atoms with Crippen molar-refractivity contribution in [3.63, 3.8) is 0 Å². The van der Waals surface area contributed by atoms with Gasteiger partial charge >= 0.3 is 0 Å². The van der Waals surface area contributed by atoms with Crippen molar-refractivity contribution in [2.24, 2.45) is 11.8 Å². The zero-order valence-corrected chi connectivity index (χ0v) is 13.0. The second-order valence-electron chi connectivity index (χ2n) is 6.91. The number of nitrogens with zero attached hydrogens (tertiary/aromatic N) is 2. The Balaban J connectivity index is 1.59. The van der Waals surface area contributed by atoms with E-state index >= 15 is 0 Å². The maximum Gasteiger partial charge on any atom is 0.150 e. The highest BCUT2D eigenvalue weighted by Gasteiger charge is 2.55. The van der Waals surface area contributed by atoms with Gasteiger partial charge in [0.1, 0.15) is 0 Å². The summed E-state index contributed by atoms with van der Waals surface area (Å²) in [5, 5.41) is 15.2. The van der Waals surface area contributed by atoms with Crippen LogP contribution in [0.15, 0.2) is 10.6 Å². The maximum atomic E-state index is 11.3. The lowest BCUT2D eigenvalue weighted by molar-refractivity contribution is -0.221. The Bertz CT molecular complexity index is 534. The fourth-order valence-electron chi connectivity index (χ4n) is 4.44. The van der Waals surface area contributed by atoms with E-state index in [0.717, 1.165) is 44.0 Å². The topological polar surface area (TPSA) is 68.0 Å². The molecule has 1 N–H and O–H groups in total. The number of aliphatic hydroxyl groups is 1. The van der Waals surface area contributed by atoms with Crippen LogP contribution in [0.3, 0.4) is 0 Å². The number of ether oxygens (including phenoxy) is 2. The van der Waals surface area contributed by atoms with Gasteiger partial charge in [-0.1, -0.05) is 5.16 Å². The molecule has 122 valence electrons. The number of hydrogen-bond acceptors (Lipinski definition) is 6. The van der Waals surface area contributed by atoms with Crippen LogP contribution in [0.25, 0.3) is 0 Å². The molecule has 3 saturated heterocycles. The third kappa shape index (κ3) is 2.38. The van der Waals surface area contributed by atoms with Gasteiger partial charge in [0, 0.05) is 50.1 Å². The van der Waals surface area contributed by atoms with Crippen LogP contribution in [0.1, 0.15) is 24.3 Å². The van der Waals surface area contributed by atoms with E-state index in [2.05, 4.69) is 10.1 Å². The molecule has 0 aromatic carbocycles. The van der Waals surface area contributed by atoms with Gasteiger partial charge in [0.05, 0.1) is 31.1 Å². The smallest absolute Gasteiger partial charge is 0.150 e. The molecule has 0 amide bonds. The fraction of sp³-hybridized carbons (Fsp3) is 0.812. The molecular formula is C16H24N2O4. The molecule has 6 nitrogen and oxygen atoms in total. The first kappa shape index (κ1) is 14.6. The Morgan fingerprint density at radius 3 is 3.05 bits per heavy atom. The minimum absolute atomic E-state index is 0.146. The van der Waals surface area contributed by atoms with Gasteiger partial charge in [0.2, 0.25) is 0 Å². The monoisotopic (exact) mass is 308 g/mol. The normalized spacial score (nSPS) is 39.3. The highest BCUT2D eigenvalue weighted by atomic mass is 16.5. The Kier molecular flexibility index (Phi) is 3.72.